The maximum absolute atomic E-state index is 12.2. The highest BCUT2D eigenvalue weighted by Crippen LogP contribution is 2.17. The summed E-state index contributed by atoms with van der Waals surface area (Å²) in [6.07, 6.45) is -0.630. The fourth-order valence-corrected chi connectivity index (χ4v) is 2.18. The van der Waals surface area contributed by atoms with Gasteiger partial charge in [-0.1, -0.05) is 30.3 Å². The van der Waals surface area contributed by atoms with Crippen LogP contribution in [0.4, 0.5) is 10.5 Å². The van der Waals surface area contributed by atoms with Crippen LogP contribution in [0.3, 0.4) is 0 Å². The summed E-state index contributed by atoms with van der Waals surface area (Å²) >= 11 is 0. The SMILES string of the molecule is C[C@H](NC(=O)OC(C)(C)C)C(=O)Nc1ccc(OCc2ccccc2)cc1. The molecule has 0 spiro atoms. The largest absolute Gasteiger partial charge is 0.489 e. The average molecular weight is 370 g/mol. The van der Waals surface area contributed by atoms with Gasteiger partial charge in [-0.25, -0.2) is 4.79 Å². The molecule has 0 aliphatic rings. The molecule has 0 saturated heterocycles. The molecule has 2 aromatic carbocycles. The van der Waals surface area contributed by atoms with Crippen LogP contribution in [0.1, 0.15) is 33.3 Å². The first-order chi connectivity index (χ1) is 12.7. The standard InChI is InChI=1S/C21H26N2O4/c1-15(22-20(25)27-21(2,3)4)19(24)23-17-10-12-18(13-11-17)26-14-16-8-6-5-7-9-16/h5-13,15H,14H2,1-4H3,(H,22,25)(H,23,24)/t15-/m0/s1. The Kier molecular flexibility index (Phi) is 6.82. The molecule has 2 N–H and O–H groups in total. The third kappa shape index (κ3) is 7.40. The lowest BCUT2D eigenvalue weighted by atomic mass is 10.2. The Morgan fingerprint density at radius 2 is 1.63 bits per heavy atom. The lowest BCUT2D eigenvalue weighted by molar-refractivity contribution is -0.117. The smallest absolute Gasteiger partial charge is 0.408 e. The molecule has 0 aromatic heterocycles. The summed E-state index contributed by atoms with van der Waals surface area (Å²) in [6, 6.07) is 16.2. The Bertz CT molecular complexity index is 752. The molecule has 6 nitrogen and oxygen atoms in total. The normalized spacial score (nSPS) is 12.0. The molecule has 27 heavy (non-hydrogen) atoms. The summed E-state index contributed by atoms with van der Waals surface area (Å²) in [4.78, 5) is 23.9. The van der Waals surface area contributed by atoms with Crippen molar-refractivity contribution in [1.29, 1.82) is 0 Å². The molecule has 0 radical (unpaired) electrons. The number of amides is 2. The lowest BCUT2D eigenvalue weighted by Crippen LogP contribution is -2.43. The van der Waals surface area contributed by atoms with E-state index in [0.29, 0.717) is 18.0 Å². The minimum Gasteiger partial charge on any atom is -0.489 e. The van der Waals surface area contributed by atoms with E-state index in [1.54, 1.807) is 52.0 Å². The number of alkyl carbamates (subject to hydrolysis) is 1. The molecule has 0 aliphatic heterocycles. The van der Waals surface area contributed by atoms with E-state index in [1.165, 1.54) is 0 Å². The summed E-state index contributed by atoms with van der Waals surface area (Å²) in [5, 5.41) is 5.25. The number of ether oxygens (including phenoxy) is 2. The molecule has 1 atom stereocenters. The molecule has 0 saturated carbocycles. The zero-order chi connectivity index (χ0) is 19.9. The van der Waals surface area contributed by atoms with Gasteiger partial charge in [0.1, 0.15) is 24.0 Å². The first-order valence-corrected chi connectivity index (χ1v) is 8.80. The number of hydrogen-bond donors (Lipinski definition) is 2. The topological polar surface area (TPSA) is 76.7 Å². The van der Waals surface area contributed by atoms with E-state index in [1.807, 2.05) is 30.3 Å². The first-order valence-electron chi connectivity index (χ1n) is 8.80. The van der Waals surface area contributed by atoms with Crippen molar-refractivity contribution in [2.75, 3.05) is 5.32 Å². The van der Waals surface area contributed by atoms with E-state index >= 15 is 0 Å². The van der Waals surface area contributed by atoms with Gasteiger partial charge in [-0.15, -0.1) is 0 Å². The van der Waals surface area contributed by atoms with Gasteiger partial charge in [0.25, 0.3) is 0 Å². The van der Waals surface area contributed by atoms with Crippen molar-refractivity contribution in [2.24, 2.45) is 0 Å². The molecule has 6 heteroatoms. The van der Waals surface area contributed by atoms with Gasteiger partial charge in [0.2, 0.25) is 5.91 Å². The van der Waals surface area contributed by atoms with E-state index < -0.39 is 17.7 Å². The van der Waals surface area contributed by atoms with Crippen molar-refractivity contribution >= 4 is 17.7 Å². The van der Waals surface area contributed by atoms with Crippen LogP contribution in [-0.2, 0) is 16.1 Å². The number of rotatable bonds is 6. The van der Waals surface area contributed by atoms with Crippen molar-refractivity contribution in [2.45, 2.75) is 45.9 Å². The van der Waals surface area contributed by atoms with E-state index in [0.717, 1.165) is 5.56 Å². The van der Waals surface area contributed by atoms with Crippen LogP contribution in [-0.4, -0.2) is 23.6 Å². The molecule has 2 amide bonds. The molecule has 0 heterocycles. The zero-order valence-corrected chi connectivity index (χ0v) is 16.1. The Labute approximate surface area is 159 Å². The molecule has 0 fully saturated rings. The monoisotopic (exact) mass is 370 g/mol. The Morgan fingerprint density at radius 3 is 2.22 bits per heavy atom. The zero-order valence-electron chi connectivity index (χ0n) is 16.1. The van der Waals surface area contributed by atoms with Crippen LogP contribution in [0.25, 0.3) is 0 Å². The quantitative estimate of drug-likeness (QED) is 0.802. The third-order valence-corrected chi connectivity index (χ3v) is 3.50. The second-order valence-corrected chi connectivity index (χ2v) is 7.16. The fraction of sp³-hybridized carbons (Fsp3) is 0.333. The molecular weight excluding hydrogens is 344 g/mol. The molecule has 0 bridgehead atoms. The molecule has 2 aromatic rings. The summed E-state index contributed by atoms with van der Waals surface area (Å²) < 4.78 is 10.9. The maximum atomic E-state index is 12.2. The van der Waals surface area contributed by atoms with Gasteiger partial charge >= 0.3 is 6.09 Å². The minimum absolute atomic E-state index is 0.334. The minimum atomic E-state index is -0.728. The number of nitrogens with one attached hydrogen (secondary N) is 2. The molecule has 2 rings (SSSR count). The molecule has 144 valence electrons. The number of anilines is 1. The molecular formula is C21H26N2O4. The van der Waals surface area contributed by atoms with Crippen LogP contribution >= 0.6 is 0 Å². The van der Waals surface area contributed by atoms with Crippen molar-refractivity contribution in [3.05, 3.63) is 60.2 Å². The van der Waals surface area contributed by atoms with Gasteiger partial charge in [-0.05, 0) is 57.5 Å². The average Bonchev–Trinajstić information content (AvgIpc) is 2.60. The molecule has 0 aliphatic carbocycles. The Morgan fingerprint density at radius 1 is 1.00 bits per heavy atom. The Hall–Kier alpha value is -3.02. The number of hydrogen-bond acceptors (Lipinski definition) is 4. The van der Waals surface area contributed by atoms with Gasteiger partial charge in [0.05, 0.1) is 0 Å². The van der Waals surface area contributed by atoms with Gasteiger partial charge in [-0.3, -0.25) is 4.79 Å². The van der Waals surface area contributed by atoms with Crippen LogP contribution in [0.2, 0.25) is 0 Å². The first kappa shape index (κ1) is 20.3. The Balaban J connectivity index is 1.82. The van der Waals surface area contributed by atoms with Gasteiger partial charge in [0, 0.05) is 5.69 Å². The third-order valence-electron chi connectivity index (χ3n) is 3.50. The highest BCUT2D eigenvalue weighted by atomic mass is 16.6. The van der Waals surface area contributed by atoms with Crippen LogP contribution in [0.15, 0.2) is 54.6 Å². The van der Waals surface area contributed by atoms with Gasteiger partial charge in [0.15, 0.2) is 0 Å². The van der Waals surface area contributed by atoms with Crippen LogP contribution < -0.4 is 15.4 Å². The number of carbonyl (C=O) groups is 2. The van der Waals surface area contributed by atoms with E-state index in [9.17, 15) is 9.59 Å². The fourth-order valence-electron chi connectivity index (χ4n) is 2.18. The number of benzene rings is 2. The summed E-state index contributed by atoms with van der Waals surface area (Å²) in [7, 11) is 0. The maximum Gasteiger partial charge on any atom is 0.408 e. The van der Waals surface area contributed by atoms with Gasteiger partial charge < -0.3 is 20.1 Å². The van der Waals surface area contributed by atoms with Crippen molar-refractivity contribution in [1.82, 2.24) is 5.32 Å². The predicted molar refractivity (Wildman–Crippen MR) is 105 cm³/mol. The van der Waals surface area contributed by atoms with E-state index in [4.69, 9.17) is 9.47 Å². The van der Waals surface area contributed by atoms with Crippen molar-refractivity contribution in [3.8, 4) is 5.75 Å². The highest BCUT2D eigenvalue weighted by Gasteiger charge is 2.21. The van der Waals surface area contributed by atoms with Gasteiger partial charge in [-0.2, -0.15) is 0 Å². The summed E-state index contributed by atoms with van der Waals surface area (Å²) in [5.41, 5.74) is 1.08. The lowest BCUT2D eigenvalue weighted by Gasteiger charge is -2.21. The second kappa shape index (κ2) is 9.07. The van der Waals surface area contributed by atoms with Crippen LogP contribution in [0, 0.1) is 0 Å². The predicted octanol–water partition coefficient (Wildman–Crippen LogP) is 4.12. The highest BCUT2D eigenvalue weighted by molar-refractivity contribution is 5.96. The number of carbonyl (C=O) groups excluding carboxylic acids is 2. The van der Waals surface area contributed by atoms with E-state index in [-0.39, 0.29) is 5.91 Å². The summed E-state index contributed by atoms with van der Waals surface area (Å²) in [5.74, 6) is 0.371. The van der Waals surface area contributed by atoms with Crippen molar-refractivity contribution in [3.63, 3.8) is 0 Å². The molecule has 0 unspecified atom stereocenters. The van der Waals surface area contributed by atoms with Crippen molar-refractivity contribution < 1.29 is 19.1 Å². The van der Waals surface area contributed by atoms with Crippen LogP contribution in [0.5, 0.6) is 5.75 Å². The van der Waals surface area contributed by atoms with E-state index in [2.05, 4.69) is 10.6 Å². The second-order valence-electron chi connectivity index (χ2n) is 7.16. The summed E-state index contributed by atoms with van der Waals surface area (Å²) in [6.45, 7) is 7.36.